The summed E-state index contributed by atoms with van der Waals surface area (Å²) in [6.45, 7) is 15.1. The van der Waals surface area contributed by atoms with Crippen LogP contribution in [-0.2, 0) is 0 Å². The van der Waals surface area contributed by atoms with Crippen LogP contribution in [0.4, 0.5) is 0 Å². The zero-order chi connectivity index (χ0) is 13.1. The zero-order valence-corrected chi connectivity index (χ0v) is 12.5. The molecular formula is C15H30N2. The molecule has 2 nitrogen and oxygen atoms in total. The summed E-state index contributed by atoms with van der Waals surface area (Å²) in [6.07, 6.45) is 3.69. The van der Waals surface area contributed by atoms with Gasteiger partial charge < -0.3 is 5.32 Å². The van der Waals surface area contributed by atoms with Crippen molar-refractivity contribution >= 4 is 0 Å². The van der Waals surface area contributed by atoms with Crippen LogP contribution in [0, 0.1) is 11.3 Å². The fourth-order valence-electron chi connectivity index (χ4n) is 2.59. The maximum Gasteiger partial charge on any atom is 0.0169 e. The van der Waals surface area contributed by atoms with Gasteiger partial charge in [-0.2, -0.15) is 0 Å². The molecule has 0 saturated heterocycles. The van der Waals surface area contributed by atoms with Crippen LogP contribution in [0.15, 0.2) is 11.6 Å². The number of hydrogen-bond acceptors (Lipinski definition) is 2. The highest BCUT2D eigenvalue weighted by molar-refractivity contribution is 5.14. The molecule has 0 bridgehead atoms. The van der Waals surface area contributed by atoms with Gasteiger partial charge in [0, 0.05) is 19.1 Å². The molecule has 1 heterocycles. The average Bonchev–Trinajstić information content (AvgIpc) is 2.27. The van der Waals surface area contributed by atoms with Crippen molar-refractivity contribution in [3.8, 4) is 0 Å². The summed E-state index contributed by atoms with van der Waals surface area (Å²) in [5.74, 6) is 0.713. The van der Waals surface area contributed by atoms with Crippen LogP contribution in [0.5, 0.6) is 0 Å². The minimum absolute atomic E-state index is 0.353. The maximum atomic E-state index is 3.28. The lowest BCUT2D eigenvalue weighted by atomic mass is 9.82. The predicted molar refractivity (Wildman–Crippen MR) is 76.3 cm³/mol. The standard InChI is InChI=1S/C15H30N2/c1-12(11-16-6)13(2)17-9-7-14(8-10-17)15(3,4)5/h7,12-13,16H,8-11H2,1-6H3. The minimum atomic E-state index is 0.353. The summed E-state index contributed by atoms with van der Waals surface area (Å²) in [7, 11) is 2.04. The zero-order valence-electron chi connectivity index (χ0n) is 12.5. The highest BCUT2D eigenvalue weighted by Crippen LogP contribution is 2.30. The Morgan fingerprint density at radius 2 is 2.00 bits per heavy atom. The van der Waals surface area contributed by atoms with E-state index in [0.717, 1.165) is 13.1 Å². The van der Waals surface area contributed by atoms with E-state index in [-0.39, 0.29) is 0 Å². The Labute approximate surface area is 107 Å². The van der Waals surface area contributed by atoms with E-state index in [4.69, 9.17) is 0 Å². The van der Waals surface area contributed by atoms with Crippen molar-refractivity contribution in [1.29, 1.82) is 0 Å². The van der Waals surface area contributed by atoms with Crippen molar-refractivity contribution in [1.82, 2.24) is 10.2 Å². The van der Waals surface area contributed by atoms with E-state index in [1.54, 1.807) is 5.57 Å². The molecule has 0 aromatic carbocycles. The predicted octanol–water partition coefficient (Wildman–Crippen LogP) is 2.91. The number of rotatable bonds is 4. The third-order valence-corrected chi connectivity index (χ3v) is 4.13. The van der Waals surface area contributed by atoms with Crippen molar-refractivity contribution in [2.24, 2.45) is 11.3 Å². The normalized spacial score (nSPS) is 22.1. The first-order valence-corrected chi connectivity index (χ1v) is 6.94. The first kappa shape index (κ1) is 14.7. The Bertz CT molecular complexity index is 263. The van der Waals surface area contributed by atoms with Gasteiger partial charge in [-0.25, -0.2) is 0 Å². The molecule has 0 saturated carbocycles. The Morgan fingerprint density at radius 1 is 1.35 bits per heavy atom. The molecule has 1 aliphatic rings. The van der Waals surface area contributed by atoms with Crippen LogP contribution >= 0.6 is 0 Å². The van der Waals surface area contributed by atoms with Gasteiger partial charge in [-0.1, -0.05) is 39.3 Å². The SMILES string of the molecule is CNCC(C)C(C)N1CC=C(C(C)(C)C)CC1. The van der Waals surface area contributed by atoms with Gasteiger partial charge in [-0.15, -0.1) is 0 Å². The van der Waals surface area contributed by atoms with Crippen LogP contribution < -0.4 is 5.32 Å². The number of hydrogen-bond donors (Lipinski definition) is 1. The molecule has 0 spiro atoms. The van der Waals surface area contributed by atoms with E-state index in [1.165, 1.54) is 13.0 Å². The van der Waals surface area contributed by atoms with Crippen molar-refractivity contribution < 1.29 is 0 Å². The van der Waals surface area contributed by atoms with Gasteiger partial charge in [0.2, 0.25) is 0 Å². The Balaban J connectivity index is 2.54. The average molecular weight is 238 g/mol. The van der Waals surface area contributed by atoms with E-state index in [0.29, 0.717) is 17.4 Å². The molecule has 1 aliphatic heterocycles. The van der Waals surface area contributed by atoms with Gasteiger partial charge in [-0.05, 0) is 38.3 Å². The first-order chi connectivity index (χ1) is 7.86. The molecule has 17 heavy (non-hydrogen) atoms. The van der Waals surface area contributed by atoms with Gasteiger partial charge in [0.25, 0.3) is 0 Å². The quantitative estimate of drug-likeness (QED) is 0.758. The van der Waals surface area contributed by atoms with E-state index in [2.05, 4.69) is 50.9 Å². The van der Waals surface area contributed by atoms with Crippen LogP contribution in [0.25, 0.3) is 0 Å². The van der Waals surface area contributed by atoms with E-state index < -0.39 is 0 Å². The molecule has 0 fully saturated rings. The van der Waals surface area contributed by atoms with Crippen LogP contribution in [0.2, 0.25) is 0 Å². The lowest BCUT2D eigenvalue weighted by Crippen LogP contribution is -2.43. The maximum absolute atomic E-state index is 3.28. The molecule has 0 radical (unpaired) electrons. The van der Waals surface area contributed by atoms with Crippen LogP contribution in [0.3, 0.4) is 0 Å². The summed E-state index contributed by atoms with van der Waals surface area (Å²) in [4.78, 5) is 2.61. The molecule has 2 atom stereocenters. The first-order valence-electron chi connectivity index (χ1n) is 6.94. The van der Waals surface area contributed by atoms with Crippen LogP contribution in [-0.4, -0.2) is 37.6 Å². The fraction of sp³-hybridized carbons (Fsp3) is 0.867. The highest BCUT2D eigenvalue weighted by atomic mass is 15.2. The van der Waals surface area contributed by atoms with Gasteiger partial charge >= 0.3 is 0 Å². The second-order valence-corrected chi connectivity index (χ2v) is 6.50. The fourth-order valence-corrected chi connectivity index (χ4v) is 2.59. The largest absolute Gasteiger partial charge is 0.319 e. The number of nitrogens with zero attached hydrogens (tertiary/aromatic N) is 1. The molecule has 0 aromatic heterocycles. The summed E-state index contributed by atoms with van der Waals surface area (Å²) in [5.41, 5.74) is 1.98. The van der Waals surface area contributed by atoms with Crippen molar-refractivity contribution in [2.75, 3.05) is 26.7 Å². The Kier molecular flexibility index (Phi) is 5.21. The van der Waals surface area contributed by atoms with Crippen LogP contribution in [0.1, 0.15) is 41.0 Å². The van der Waals surface area contributed by atoms with Gasteiger partial charge in [0.1, 0.15) is 0 Å². The van der Waals surface area contributed by atoms with Gasteiger partial charge in [0.05, 0.1) is 0 Å². The summed E-state index contributed by atoms with van der Waals surface area (Å²) in [6, 6.07) is 0.667. The Hall–Kier alpha value is -0.340. The molecule has 0 amide bonds. The third-order valence-electron chi connectivity index (χ3n) is 4.13. The molecule has 1 rings (SSSR count). The summed E-state index contributed by atoms with van der Waals surface area (Å²) >= 11 is 0. The van der Waals surface area contributed by atoms with E-state index >= 15 is 0 Å². The van der Waals surface area contributed by atoms with Gasteiger partial charge in [-0.3, -0.25) is 4.90 Å². The minimum Gasteiger partial charge on any atom is -0.319 e. The molecule has 100 valence electrons. The Morgan fingerprint density at radius 3 is 2.41 bits per heavy atom. The topological polar surface area (TPSA) is 15.3 Å². The lowest BCUT2D eigenvalue weighted by molar-refractivity contribution is 0.167. The molecular weight excluding hydrogens is 208 g/mol. The molecule has 2 heteroatoms. The molecule has 0 aromatic rings. The van der Waals surface area contributed by atoms with Crippen molar-refractivity contribution in [2.45, 2.75) is 47.1 Å². The molecule has 0 aliphatic carbocycles. The van der Waals surface area contributed by atoms with Crippen molar-refractivity contribution in [3.63, 3.8) is 0 Å². The summed E-state index contributed by atoms with van der Waals surface area (Å²) < 4.78 is 0. The molecule has 2 unspecified atom stereocenters. The van der Waals surface area contributed by atoms with E-state index in [1.807, 2.05) is 7.05 Å². The highest BCUT2D eigenvalue weighted by Gasteiger charge is 2.25. The summed E-state index contributed by atoms with van der Waals surface area (Å²) in [5, 5.41) is 3.28. The smallest absolute Gasteiger partial charge is 0.0169 e. The van der Waals surface area contributed by atoms with Gasteiger partial charge in [0.15, 0.2) is 0 Å². The van der Waals surface area contributed by atoms with E-state index in [9.17, 15) is 0 Å². The molecule has 1 N–H and O–H groups in total. The third kappa shape index (κ3) is 4.11. The monoisotopic (exact) mass is 238 g/mol. The second kappa shape index (κ2) is 6.01. The van der Waals surface area contributed by atoms with Crippen molar-refractivity contribution in [3.05, 3.63) is 11.6 Å². The lowest BCUT2D eigenvalue weighted by Gasteiger charge is -2.37. The number of nitrogens with one attached hydrogen (secondary N) is 1. The second-order valence-electron chi connectivity index (χ2n) is 6.50.